The van der Waals surface area contributed by atoms with Crippen molar-refractivity contribution in [1.29, 1.82) is 0 Å². The smallest absolute Gasteiger partial charge is 0.258 e. The van der Waals surface area contributed by atoms with Gasteiger partial charge in [-0.15, -0.1) is 22.7 Å². The Morgan fingerprint density at radius 1 is 0.638 bits per heavy atom. The molecule has 2 saturated carbocycles. The molecular formula is C56H54BrN5O5S2. The van der Waals surface area contributed by atoms with Crippen molar-refractivity contribution in [2.45, 2.75) is 66.2 Å². The number of halogens is 1. The first kappa shape index (κ1) is 48.9. The molecule has 0 radical (unpaired) electrons. The van der Waals surface area contributed by atoms with E-state index in [0.29, 0.717) is 76.7 Å². The molecule has 0 unspecified atom stereocenters. The number of ketones is 2. The van der Waals surface area contributed by atoms with E-state index in [-0.39, 0.29) is 44.1 Å². The Hall–Kier alpha value is -6.54. The summed E-state index contributed by atoms with van der Waals surface area (Å²) in [6.07, 6.45) is 10.5. The Bertz CT molecular complexity index is 3060. The summed E-state index contributed by atoms with van der Waals surface area (Å²) in [4.78, 5) is 76.5. The number of nitrogen functional groups attached to an aromatic ring is 1. The first-order valence-corrected chi connectivity index (χ1v) is 25.0. The van der Waals surface area contributed by atoms with E-state index in [0.717, 1.165) is 72.4 Å². The monoisotopic (exact) mass is 1020 g/mol. The molecule has 0 saturated heterocycles. The van der Waals surface area contributed by atoms with Crippen molar-refractivity contribution in [1.82, 2.24) is 4.98 Å². The van der Waals surface area contributed by atoms with Gasteiger partial charge in [0.25, 0.3) is 17.7 Å². The summed E-state index contributed by atoms with van der Waals surface area (Å²) in [7, 11) is 0. The number of nitrogens with zero attached hydrogens (tertiary/aromatic N) is 3. The number of aromatic nitrogens is 1. The van der Waals surface area contributed by atoms with Gasteiger partial charge in [-0.05, 0) is 156 Å². The van der Waals surface area contributed by atoms with E-state index in [4.69, 9.17) is 5.73 Å². The Kier molecular flexibility index (Phi) is 14.9. The van der Waals surface area contributed by atoms with Crippen molar-refractivity contribution >= 4 is 90.6 Å². The molecule has 0 spiro atoms. The Labute approximate surface area is 419 Å². The molecule has 11 rings (SSSR count). The number of para-hydroxylation sites is 2. The van der Waals surface area contributed by atoms with E-state index >= 15 is 0 Å². The number of thiophene rings is 2. The fraction of sp³-hybridized carbons (Fsp3) is 0.250. The van der Waals surface area contributed by atoms with Crippen molar-refractivity contribution in [2.24, 2.45) is 11.8 Å². The third kappa shape index (κ3) is 10.7. The molecule has 5 heterocycles. The molecular weight excluding hydrogens is 967 g/mol. The largest absolute Gasteiger partial charge is 0.399 e. The summed E-state index contributed by atoms with van der Waals surface area (Å²) < 4.78 is 0.657. The number of nitrogens with two attached hydrogens (primary N) is 1. The highest BCUT2D eigenvalue weighted by atomic mass is 79.9. The summed E-state index contributed by atoms with van der Waals surface area (Å²) >= 11 is 6.49. The molecule has 3 N–H and O–H groups in total. The summed E-state index contributed by atoms with van der Waals surface area (Å²) in [5.41, 5.74) is 14.6. The zero-order valence-electron chi connectivity index (χ0n) is 36.5. The van der Waals surface area contributed by atoms with Crippen molar-refractivity contribution in [3.8, 4) is 20.9 Å². The minimum absolute atomic E-state index is 0. The molecule has 0 atom stereocenters. The Morgan fingerprint density at radius 3 is 1.57 bits per heavy atom. The molecule has 2 fully saturated rings. The van der Waals surface area contributed by atoms with Crippen molar-refractivity contribution < 1.29 is 24.0 Å². The van der Waals surface area contributed by atoms with Gasteiger partial charge in [-0.3, -0.25) is 29.0 Å². The zero-order valence-corrected chi connectivity index (χ0v) is 39.7. The van der Waals surface area contributed by atoms with Gasteiger partial charge >= 0.3 is 0 Å². The number of hydrogen-bond acceptors (Lipinski definition) is 9. The van der Waals surface area contributed by atoms with E-state index in [1.807, 2.05) is 64.4 Å². The lowest BCUT2D eigenvalue weighted by Crippen LogP contribution is -2.32. The molecule has 3 amide bonds. The number of anilines is 4. The number of hydrogen-bond donors (Lipinski definition) is 2. The van der Waals surface area contributed by atoms with Gasteiger partial charge in [0.15, 0.2) is 11.6 Å². The number of carbonyl (C=O) groups excluding carboxylic acids is 5. The minimum Gasteiger partial charge on any atom is -0.399 e. The molecule has 3 aromatic heterocycles. The predicted octanol–water partition coefficient (Wildman–Crippen LogP) is 13.5. The number of amides is 3. The summed E-state index contributed by atoms with van der Waals surface area (Å²) in [5, 5.41) is 2.85. The summed E-state index contributed by atoms with van der Waals surface area (Å²) in [6, 6.07) is 35.7. The van der Waals surface area contributed by atoms with E-state index in [1.165, 1.54) is 19.0 Å². The van der Waals surface area contributed by atoms with Crippen molar-refractivity contribution in [3.05, 3.63) is 170 Å². The minimum atomic E-state index is -0.286. The molecule has 0 bridgehead atoms. The van der Waals surface area contributed by atoms with Crippen LogP contribution in [0.25, 0.3) is 20.9 Å². The summed E-state index contributed by atoms with van der Waals surface area (Å²) in [5.74, 6) is 1.22. The summed E-state index contributed by atoms with van der Waals surface area (Å²) in [6.45, 7) is 1.10. The highest BCUT2D eigenvalue weighted by molar-refractivity contribution is 9.10. The van der Waals surface area contributed by atoms with Gasteiger partial charge in [0, 0.05) is 86.2 Å². The lowest BCUT2D eigenvalue weighted by atomic mass is 10.1. The number of Topliss-reactive ketones (excluding diaryl/α,β-unsaturated/α-hetero) is 2. The molecule has 4 aliphatic rings. The van der Waals surface area contributed by atoms with Crippen LogP contribution in [0.3, 0.4) is 0 Å². The molecule has 13 heteroatoms. The highest BCUT2D eigenvalue weighted by Gasteiger charge is 2.32. The lowest BCUT2D eigenvalue weighted by molar-refractivity contribution is 0.0971. The predicted molar refractivity (Wildman–Crippen MR) is 284 cm³/mol. The van der Waals surface area contributed by atoms with E-state index < -0.39 is 0 Å². The molecule has 2 aliphatic heterocycles. The van der Waals surface area contributed by atoms with Crippen LogP contribution in [0.1, 0.15) is 115 Å². The van der Waals surface area contributed by atoms with E-state index in [9.17, 15) is 24.0 Å². The fourth-order valence-electron chi connectivity index (χ4n) is 8.64. The first-order valence-electron chi connectivity index (χ1n) is 22.6. The van der Waals surface area contributed by atoms with Crippen LogP contribution in [0.5, 0.6) is 0 Å². The van der Waals surface area contributed by atoms with Crippen LogP contribution in [0, 0.1) is 11.8 Å². The van der Waals surface area contributed by atoms with Crippen LogP contribution in [0.2, 0.25) is 0 Å². The maximum absolute atomic E-state index is 13.7. The third-order valence-corrected chi connectivity index (χ3v) is 15.8. The standard InChI is InChI=1S/C30H24BrN3O3S.C24H22N2O2S.2CH4/c31-24-11-13-32-17-23(24)29(36)33-21-9-7-19(8-10-21)30(37)34-14-12-20-16-27(26(35)15-18-5-6-18)38-28(20)22-3-1-2-4-25(22)34;25-18-9-7-16(8-10-18)24(28)26-12-11-17-14-22(21(27)13-15-5-6-15)29-23(17)19-3-1-2-4-20(19)26;;/h1-4,7-11,13,16-18H,5-6,12,14-15H2,(H,33,36);1-4,7-10,14-15H,5-6,11-13,25H2;2*1H4. The zero-order chi connectivity index (χ0) is 46.2. The molecule has 2 aliphatic carbocycles. The SMILES string of the molecule is C.C.Nc1ccc(C(=O)N2CCc3cc(C(=O)CC4CC4)sc3-c3ccccc32)cc1.O=C(CC1CC1)c1cc2c(s1)-c1ccccc1N(C(=O)c1ccc(NC(=O)c3cnccc3Br)cc1)CC2. The number of carbonyl (C=O) groups is 5. The molecule has 352 valence electrons. The average Bonchev–Trinajstić information content (AvgIpc) is 4.28. The molecule has 69 heavy (non-hydrogen) atoms. The van der Waals surface area contributed by atoms with Crippen molar-refractivity contribution in [3.63, 3.8) is 0 Å². The number of benzene rings is 4. The average molecular weight is 1020 g/mol. The number of nitrogens with one attached hydrogen (secondary N) is 1. The van der Waals surface area contributed by atoms with Gasteiger partial charge in [0.05, 0.1) is 26.7 Å². The van der Waals surface area contributed by atoms with Crippen LogP contribution in [-0.4, -0.2) is 47.4 Å². The quantitative estimate of drug-likeness (QED) is 0.103. The van der Waals surface area contributed by atoms with Crippen LogP contribution in [0.4, 0.5) is 22.7 Å². The second-order valence-corrected chi connectivity index (χ2v) is 20.5. The molecule has 7 aromatic rings. The third-order valence-electron chi connectivity index (χ3n) is 12.6. The molecule has 4 aromatic carbocycles. The first-order chi connectivity index (χ1) is 32.6. The fourth-order valence-corrected chi connectivity index (χ4v) is 11.4. The second kappa shape index (κ2) is 21.0. The van der Waals surface area contributed by atoms with Gasteiger partial charge < -0.3 is 20.9 Å². The topological polar surface area (TPSA) is 143 Å². The van der Waals surface area contributed by atoms with E-state index in [2.05, 4.69) is 32.3 Å². The van der Waals surface area contributed by atoms with Gasteiger partial charge in [-0.25, -0.2) is 0 Å². The van der Waals surface area contributed by atoms with Crippen LogP contribution in [0.15, 0.2) is 132 Å². The number of fused-ring (bicyclic) bond motifs is 6. The Balaban J connectivity index is 0.000000187. The molecule has 10 nitrogen and oxygen atoms in total. The van der Waals surface area contributed by atoms with Crippen molar-refractivity contribution in [2.75, 3.05) is 33.9 Å². The Morgan fingerprint density at radius 2 is 1.10 bits per heavy atom. The van der Waals surface area contributed by atoms with Gasteiger partial charge in [0.2, 0.25) is 0 Å². The number of pyridine rings is 1. The number of rotatable bonds is 10. The maximum atomic E-state index is 13.7. The van der Waals surface area contributed by atoms with Crippen LogP contribution < -0.4 is 20.9 Å². The van der Waals surface area contributed by atoms with Gasteiger partial charge in [-0.2, -0.15) is 0 Å². The second-order valence-electron chi connectivity index (χ2n) is 17.5. The highest BCUT2D eigenvalue weighted by Crippen LogP contribution is 2.45. The normalized spacial score (nSPS) is 14.3. The lowest BCUT2D eigenvalue weighted by Gasteiger charge is -2.23. The maximum Gasteiger partial charge on any atom is 0.258 e. The van der Waals surface area contributed by atoms with Gasteiger partial charge in [-0.1, -0.05) is 51.3 Å². The van der Waals surface area contributed by atoms with Gasteiger partial charge in [0.1, 0.15) is 0 Å². The van der Waals surface area contributed by atoms with E-state index in [1.54, 1.807) is 83.5 Å². The van der Waals surface area contributed by atoms with Crippen LogP contribution in [-0.2, 0) is 12.8 Å². The van der Waals surface area contributed by atoms with Crippen LogP contribution >= 0.6 is 38.6 Å².